The molecule has 1 aromatic carbocycles. The first kappa shape index (κ1) is 18.3. The molecule has 1 N–H and O–H groups in total. The predicted octanol–water partition coefficient (Wildman–Crippen LogP) is 3.56. The summed E-state index contributed by atoms with van der Waals surface area (Å²) < 4.78 is 17.0. The van der Waals surface area contributed by atoms with Crippen LogP contribution in [0.1, 0.15) is 50.3 Å². The highest BCUT2D eigenvalue weighted by molar-refractivity contribution is 7.91. The minimum absolute atomic E-state index is 0.191. The smallest absolute Gasteiger partial charge is 0.407 e. The number of carboxylic acid groups (broad SMARTS) is 1. The number of hydrogen-bond donors (Lipinski definition) is 1. The number of amides is 1. The van der Waals surface area contributed by atoms with Gasteiger partial charge in [0.25, 0.3) is 0 Å². The Morgan fingerprint density at radius 2 is 1.96 bits per heavy atom. The molecule has 1 unspecified atom stereocenters. The fourth-order valence-corrected chi connectivity index (χ4v) is 4.47. The predicted molar refractivity (Wildman–Crippen MR) is 101 cm³/mol. The molecule has 1 fully saturated rings. The summed E-state index contributed by atoms with van der Waals surface area (Å²) in [5.74, 6) is 0. The van der Waals surface area contributed by atoms with Crippen molar-refractivity contribution in [3.63, 3.8) is 0 Å². The van der Waals surface area contributed by atoms with Gasteiger partial charge in [-0.1, -0.05) is 28.2 Å². The number of aryl methyl sites for hydroxylation is 1. The molecule has 1 heterocycles. The molecule has 0 saturated carbocycles. The maximum atomic E-state index is 12.7. The van der Waals surface area contributed by atoms with Crippen LogP contribution in [0.3, 0.4) is 0 Å². The largest absolute Gasteiger partial charge is 0.591 e. The first-order valence-corrected chi connectivity index (χ1v) is 9.82. The van der Waals surface area contributed by atoms with Gasteiger partial charge in [0.15, 0.2) is 0 Å². The van der Waals surface area contributed by atoms with Crippen LogP contribution < -0.4 is 0 Å². The van der Waals surface area contributed by atoms with Gasteiger partial charge in [-0.3, -0.25) is 0 Å². The van der Waals surface area contributed by atoms with Crippen LogP contribution in [-0.2, 0) is 17.8 Å². The zero-order valence-electron chi connectivity index (χ0n) is 15.3. The number of hydrogen-bond acceptors (Lipinski definition) is 3. The fraction of sp³-hybridized carbons (Fsp3) is 0.579. The second kappa shape index (κ2) is 6.32. The van der Waals surface area contributed by atoms with E-state index in [1.165, 1.54) is 16.0 Å². The summed E-state index contributed by atoms with van der Waals surface area (Å²) in [6.45, 7) is 8.86. The lowest BCUT2D eigenvalue weighted by molar-refractivity contribution is 0.115. The number of benzene rings is 1. The molecule has 6 heteroatoms. The van der Waals surface area contributed by atoms with Crippen molar-refractivity contribution < 1.29 is 14.5 Å². The van der Waals surface area contributed by atoms with E-state index in [9.17, 15) is 14.5 Å². The van der Waals surface area contributed by atoms with Gasteiger partial charge in [-0.15, -0.1) is 0 Å². The van der Waals surface area contributed by atoms with E-state index in [2.05, 4.69) is 29.5 Å². The number of nitrogens with zero attached hydrogens (tertiary/aromatic N) is 2. The van der Waals surface area contributed by atoms with Crippen LogP contribution in [0, 0.1) is 12.3 Å². The highest BCUT2D eigenvalue weighted by Gasteiger charge is 2.48. The van der Waals surface area contributed by atoms with Crippen molar-refractivity contribution in [2.45, 2.75) is 51.7 Å². The fourth-order valence-electron chi connectivity index (χ4n) is 3.74. The molecule has 1 spiro atoms. The molecule has 0 bridgehead atoms. The summed E-state index contributed by atoms with van der Waals surface area (Å²) in [5, 5.41) is 9.24. The van der Waals surface area contributed by atoms with Gasteiger partial charge in [-0.2, -0.15) is 0 Å². The third-order valence-corrected chi connectivity index (χ3v) is 6.63. The molecule has 5 nitrogen and oxygen atoms in total. The van der Waals surface area contributed by atoms with E-state index in [0.29, 0.717) is 13.1 Å². The third kappa shape index (κ3) is 3.42. The van der Waals surface area contributed by atoms with Gasteiger partial charge in [0.1, 0.15) is 21.8 Å². The minimum atomic E-state index is -1.33. The molecule has 3 rings (SSSR count). The van der Waals surface area contributed by atoms with Crippen molar-refractivity contribution in [3.8, 4) is 0 Å². The molecule has 0 radical (unpaired) electrons. The average Bonchev–Trinajstić information content (AvgIpc) is 2.79. The molecular formula is C19H26N2O3S. The molecule has 25 heavy (non-hydrogen) atoms. The second-order valence-electron chi connectivity index (χ2n) is 8.19. The monoisotopic (exact) mass is 362 g/mol. The number of likely N-dealkylation sites (tertiary alicyclic amines) is 1. The third-order valence-electron chi connectivity index (χ3n) is 5.24. The molecule has 136 valence electrons. The standard InChI is InChI=1S/C19H26N2O3S/c1-13-5-6-15-14(11-13)12-19(7-9-21(10-8-19)17(22)23)16(15)20-25(24)18(2,3)4/h5-6,11H,7-10,12H2,1-4H3,(H,22,23). The SMILES string of the molecule is Cc1ccc2c(c1)CC1(CCN(C(=O)O)CC1)C2=N[S+]([O-])C(C)(C)C. The minimum Gasteiger partial charge on any atom is -0.591 e. The first-order chi connectivity index (χ1) is 11.6. The van der Waals surface area contributed by atoms with Crippen LogP contribution >= 0.6 is 0 Å². The Balaban J connectivity index is 2.01. The van der Waals surface area contributed by atoms with E-state index in [1.54, 1.807) is 0 Å². The van der Waals surface area contributed by atoms with E-state index in [-0.39, 0.29) is 5.41 Å². The molecule has 2 aliphatic rings. The topological polar surface area (TPSA) is 76.0 Å². The molecule has 1 amide bonds. The Morgan fingerprint density at radius 1 is 1.32 bits per heavy atom. The van der Waals surface area contributed by atoms with Gasteiger partial charge in [-0.05, 0) is 52.5 Å². The van der Waals surface area contributed by atoms with Gasteiger partial charge in [-0.25, -0.2) is 4.79 Å². The number of rotatable bonds is 1. The molecule has 0 aromatic heterocycles. The van der Waals surface area contributed by atoms with E-state index >= 15 is 0 Å². The van der Waals surface area contributed by atoms with Crippen LogP contribution in [0.4, 0.5) is 4.79 Å². The van der Waals surface area contributed by atoms with E-state index in [4.69, 9.17) is 0 Å². The summed E-state index contributed by atoms with van der Waals surface area (Å²) in [6.07, 6.45) is 1.45. The highest BCUT2D eigenvalue weighted by Crippen LogP contribution is 2.46. The van der Waals surface area contributed by atoms with Crippen molar-refractivity contribution in [2.75, 3.05) is 13.1 Å². The summed E-state index contributed by atoms with van der Waals surface area (Å²) in [5.41, 5.74) is 4.26. The Labute approximate surface area is 152 Å². The second-order valence-corrected chi connectivity index (χ2v) is 10.1. The van der Waals surface area contributed by atoms with Crippen LogP contribution in [0.25, 0.3) is 0 Å². The summed E-state index contributed by atoms with van der Waals surface area (Å²) in [4.78, 5) is 12.7. The van der Waals surface area contributed by atoms with E-state index in [1.807, 2.05) is 20.8 Å². The Morgan fingerprint density at radius 3 is 2.52 bits per heavy atom. The van der Waals surface area contributed by atoms with Crippen molar-refractivity contribution >= 4 is 23.2 Å². The molecule has 1 aliphatic carbocycles. The normalized spacial score (nSPS) is 22.3. The van der Waals surface area contributed by atoms with E-state index in [0.717, 1.165) is 30.5 Å². The van der Waals surface area contributed by atoms with Crippen molar-refractivity contribution in [1.29, 1.82) is 0 Å². The number of carbonyl (C=O) groups is 1. The van der Waals surface area contributed by atoms with Crippen LogP contribution in [0.5, 0.6) is 0 Å². The maximum Gasteiger partial charge on any atom is 0.407 e. The zero-order valence-corrected chi connectivity index (χ0v) is 16.2. The maximum absolute atomic E-state index is 12.7. The Kier molecular flexibility index (Phi) is 4.62. The molecule has 1 aliphatic heterocycles. The van der Waals surface area contributed by atoms with Gasteiger partial charge in [0.05, 0.1) is 0 Å². The first-order valence-electron chi connectivity index (χ1n) is 8.71. The van der Waals surface area contributed by atoms with Crippen LogP contribution in [0.2, 0.25) is 0 Å². The Bertz CT molecular complexity index is 716. The van der Waals surface area contributed by atoms with Crippen LogP contribution in [0.15, 0.2) is 22.6 Å². The quantitative estimate of drug-likeness (QED) is 0.776. The summed E-state index contributed by atoms with van der Waals surface area (Å²) >= 11 is -1.33. The zero-order chi connectivity index (χ0) is 18.4. The van der Waals surface area contributed by atoms with Crippen molar-refractivity contribution in [2.24, 2.45) is 9.81 Å². The van der Waals surface area contributed by atoms with Gasteiger partial charge < -0.3 is 14.6 Å². The Hall–Kier alpha value is -1.53. The van der Waals surface area contributed by atoms with E-state index < -0.39 is 22.2 Å². The molecule has 1 saturated heterocycles. The van der Waals surface area contributed by atoms with Gasteiger partial charge in [0, 0.05) is 24.1 Å². The lowest BCUT2D eigenvalue weighted by Crippen LogP contribution is -2.45. The van der Waals surface area contributed by atoms with Crippen LogP contribution in [-0.4, -0.2) is 44.2 Å². The van der Waals surface area contributed by atoms with Gasteiger partial charge >= 0.3 is 6.09 Å². The highest BCUT2D eigenvalue weighted by atomic mass is 32.2. The average molecular weight is 362 g/mol. The lowest BCUT2D eigenvalue weighted by Gasteiger charge is -2.38. The number of fused-ring (bicyclic) bond motifs is 1. The molecule has 1 atom stereocenters. The number of piperidine rings is 1. The summed E-state index contributed by atoms with van der Waals surface area (Å²) in [7, 11) is 0. The molecular weight excluding hydrogens is 336 g/mol. The summed E-state index contributed by atoms with van der Waals surface area (Å²) in [6, 6.07) is 6.34. The van der Waals surface area contributed by atoms with Gasteiger partial charge in [0.2, 0.25) is 0 Å². The molecule has 1 aromatic rings. The lowest BCUT2D eigenvalue weighted by atomic mass is 9.74. The van der Waals surface area contributed by atoms with Crippen molar-refractivity contribution in [1.82, 2.24) is 4.90 Å². The van der Waals surface area contributed by atoms with Crippen molar-refractivity contribution in [3.05, 3.63) is 34.9 Å².